The van der Waals surface area contributed by atoms with Crippen molar-refractivity contribution in [1.29, 1.82) is 0 Å². The molecule has 0 fully saturated rings. The third-order valence-corrected chi connectivity index (χ3v) is 4.58. The summed E-state index contributed by atoms with van der Waals surface area (Å²) in [7, 11) is 0. The van der Waals surface area contributed by atoms with Gasteiger partial charge in [0.05, 0.1) is 0 Å². The van der Waals surface area contributed by atoms with Gasteiger partial charge in [0.25, 0.3) is 0 Å². The van der Waals surface area contributed by atoms with E-state index in [9.17, 15) is 4.79 Å². The number of carbonyl (C=O) groups is 1. The Morgan fingerprint density at radius 2 is 1.64 bits per heavy atom. The highest BCUT2D eigenvalue weighted by Gasteiger charge is 2.11. The molecule has 0 bridgehead atoms. The first kappa shape index (κ1) is 17.3. The lowest BCUT2D eigenvalue weighted by atomic mass is 10.00. The first-order valence-corrected chi connectivity index (χ1v) is 9.03. The lowest BCUT2D eigenvalue weighted by Gasteiger charge is -2.05. The van der Waals surface area contributed by atoms with Gasteiger partial charge in [0.2, 0.25) is 5.76 Å². The van der Waals surface area contributed by atoms with E-state index in [1.807, 2.05) is 18.2 Å². The third kappa shape index (κ3) is 4.30. The molecule has 0 spiro atoms. The van der Waals surface area contributed by atoms with Gasteiger partial charge >= 0.3 is 5.97 Å². The largest absolute Gasteiger partial charge is 0.475 e. The van der Waals surface area contributed by atoms with Gasteiger partial charge in [-0.05, 0) is 47.7 Å². The molecule has 0 aliphatic rings. The molecule has 3 rings (SSSR count). The third-order valence-electron chi connectivity index (χ3n) is 4.58. The van der Waals surface area contributed by atoms with E-state index in [-0.39, 0.29) is 5.76 Å². The van der Waals surface area contributed by atoms with Crippen LogP contribution in [0.2, 0.25) is 0 Å². The number of carboxylic acids is 1. The van der Waals surface area contributed by atoms with E-state index >= 15 is 0 Å². The normalized spacial score (nSPS) is 11.1. The topological polar surface area (TPSA) is 50.4 Å². The van der Waals surface area contributed by atoms with Crippen LogP contribution in [0.15, 0.2) is 52.9 Å². The van der Waals surface area contributed by atoms with Crippen molar-refractivity contribution in [2.45, 2.75) is 45.4 Å². The van der Waals surface area contributed by atoms with Crippen LogP contribution in [0, 0.1) is 0 Å². The molecule has 130 valence electrons. The standard InChI is InChI=1S/C22H24O3/c1-2-3-4-5-6-7-16-8-10-17(11-9-16)18-12-13-20-19(14-18)15-21(25-20)22(23)24/h8-15H,2-7H2,1H3,(H,23,24). The van der Waals surface area contributed by atoms with Crippen LogP contribution in [0.4, 0.5) is 0 Å². The lowest BCUT2D eigenvalue weighted by molar-refractivity contribution is 0.0665. The predicted octanol–water partition coefficient (Wildman–Crippen LogP) is 6.31. The highest BCUT2D eigenvalue weighted by molar-refractivity contribution is 5.93. The Balaban J connectivity index is 1.69. The number of rotatable bonds is 8. The van der Waals surface area contributed by atoms with E-state index in [1.165, 1.54) is 37.7 Å². The fourth-order valence-corrected chi connectivity index (χ4v) is 3.12. The maximum Gasteiger partial charge on any atom is 0.371 e. The highest BCUT2D eigenvalue weighted by atomic mass is 16.4. The zero-order valence-electron chi connectivity index (χ0n) is 14.6. The number of aromatic carboxylic acids is 1. The van der Waals surface area contributed by atoms with Crippen molar-refractivity contribution in [3.8, 4) is 11.1 Å². The van der Waals surface area contributed by atoms with Gasteiger partial charge < -0.3 is 9.52 Å². The summed E-state index contributed by atoms with van der Waals surface area (Å²) in [5, 5.41) is 9.84. The zero-order chi connectivity index (χ0) is 17.6. The molecular formula is C22H24O3. The predicted molar refractivity (Wildman–Crippen MR) is 101 cm³/mol. The van der Waals surface area contributed by atoms with Crippen molar-refractivity contribution in [3.63, 3.8) is 0 Å². The van der Waals surface area contributed by atoms with E-state index < -0.39 is 5.97 Å². The summed E-state index contributed by atoms with van der Waals surface area (Å²) in [6.45, 7) is 2.24. The Bertz CT molecular complexity index is 843. The van der Waals surface area contributed by atoms with Gasteiger partial charge in [-0.1, -0.05) is 62.9 Å². The summed E-state index contributed by atoms with van der Waals surface area (Å²) in [5.41, 5.74) is 4.18. The van der Waals surface area contributed by atoms with Crippen molar-refractivity contribution < 1.29 is 14.3 Å². The molecule has 0 saturated carbocycles. The second-order valence-corrected chi connectivity index (χ2v) is 6.53. The fraction of sp³-hybridized carbons (Fsp3) is 0.318. The SMILES string of the molecule is CCCCCCCc1ccc(-c2ccc3oc(C(=O)O)cc3c2)cc1. The van der Waals surface area contributed by atoms with E-state index in [0.717, 1.165) is 22.9 Å². The Morgan fingerprint density at radius 3 is 2.36 bits per heavy atom. The minimum absolute atomic E-state index is 0.0226. The maximum absolute atomic E-state index is 11.0. The van der Waals surface area contributed by atoms with Crippen LogP contribution >= 0.6 is 0 Å². The Hall–Kier alpha value is -2.55. The number of furan rings is 1. The van der Waals surface area contributed by atoms with Crippen molar-refractivity contribution in [2.24, 2.45) is 0 Å². The van der Waals surface area contributed by atoms with Crippen molar-refractivity contribution in [1.82, 2.24) is 0 Å². The van der Waals surface area contributed by atoms with Gasteiger partial charge in [-0.15, -0.1) is 0 Å². The summed E-state index contributed by atoms with van der Waals surface area (Å²) in [6, 6.07) is 16.0. The molecule has 25 heavy (non-hydrogen) atoms. The van der Waals surface area contributed by atoms with Crippen LogP contribution in [0.25, 0.3) is 22.1 Å². The first-order valence-electron chi connectivity index (χ1n) is 9.03. The van der Waals surface area contributed by atoms with Gasteiger partial charge in [-0.25, -0.2) is 4.79 Å². The van der Waals surface area contributed by atoms with Gasteiger partial charge in [0.15, 0.2) is 0 Å². The molecule has 3 heteroatoms. The molecule has 1 heterocycles. The van der Waals surface area contributed by atoms with Crippen molar-refractivity contribution in [3.05, 3.63) is 59.9 Å². The highest BCUT2D eigenvalue weighted by Crippen LogP contribution is 2.27. The van der Waals surface area contributed by atoms with Gasteiger partial charge in [0.1, 0.15) is 5.58 Å². The fourth-order valence-electron chi connectivity index (χ4n) is 3.12. The van der Waals surface area contributed by atoms with Crippen LogP contribution in [0.1, 0.15) is 55.1 Å². The first-order chi connectivity index (χ1) is 12.2. The smallest absolute Gasteiger partial charge is 0.371 e. The van der Waals surface area contributed by atoms with E-state index in [1.54, 1.807) is 6.07 Å². The summed E-state index contributed by atoms with van der Waals surface area (Å²) >= 11 is 0. The molecule has 1 N–H and O–H groups in total. The van der Waals surface area contributed by atoms with Crippen LogP contribution in [0.5, 0.6) is 0 Å². The Morgan fingerprint density at radius 1 is 0.920 bits per heavy atom. The second-order valence-electron chi connectivity index (χ2n) is 6.53. The molecule has 0 atom stereocenters. The van der Waals surface area contributed by atoms with E-state index in [2.05, 4.69) is 31.2 Å². The van der Waals surface area contributed by atoms with Crippen LogP contribution in [-0.4, -0.2) is 11.1 Å². The molecule has 0 saturated heterocycles. The van der Waals surface area contributed by atoms with E-state index in [0.29, 0.717) is 5.58 Å². The number of unbranched alkanes of at least 4 members (excludes halogenated alkanes) is 4. The molecule has 3 nitrogen and oxygen atoms in total. The number of fused-ring (bicyclic) bond motifs is 1. The Labute approximate surface area is 148 Å². The molecule has 2 aromatic carbocycles. The molecule has 0 amide bonds. The van der Waals surface area contributed by atoms with Crippen LogP contribution in [-0.2, 0) is 6.42 Å². The number of hydrogen-bond acceptors (Lipinski definition) is 2. The molecule has 1 aromatic heterocycles. The molecule has 0 unspecified atom stereocenters. The molecule has 0 aliphatic carbocycles. The molecular weight excluding hydrogens is 312 g/mol. The number of carboxylic acid groups (broad SMARTS) is 1. The average molecular weight is 336 g/mol. The van der Waals surface area contributed by atoms with Crippen LogP contribution in [0.3, 0.4) is 0 Å². The number of hydrogen-bond donors (Lipinski definition) is 1. The monoisotopic (exact) mass is 336 g/mol. The second kappa shape index (κ2) is 8.02. The quantitative estimate of drug-likeness (QED) is 0.490. The summed E-state index contributed by atoms with van der Waals surface area (Å²) in [4.78, 5) is 11.0. The minimum atomic E-state index is -1.04. The Kier molecular flexibility index (Phi) is 5.54. The average Bonchev–Trinajstić information content (AvgIpc) is 3.06. The van der Waals surface area contributed by atoms with Gasteiger partial charge in [-0.3, -0.25) is 0 Å². The summed E-state index contributed by atoms with van der Waals surface area (Å²) in [6.07, 6.45) is 7.63. The lowest BCUT2D eigenvalue weighted by Crippen LogP contribution is -1.91. The zero-order valence-corrected chi connectivity index (χ0v) is 14.6. The maximum atomic E-state index is 11.0. The number of aryl methyl sites for hydroxylation is 1. The van der Waals surface area contributed by atoms with E-state index in [4.69, 9.17) is 9.52 Å². The molecule has 0 aliphatic heterocycles. The summed E-state index contributed by atoms with van der Waals surface area (Å²) < 4.78 is 5.31. The molecule has 0 radical (unpaired) electrons. The number of benzene rings is 2. The van der Waals surface area contributed by atoms with Crippen molar-refractivity contribution >= 4 is 16.9 Å². The molecule has 3 aromatic rings. The summed E-state index contributed by atoms with van der Waals surface area (Å²) in [5.74, 6) is -1.06. The minimum Gasteiger partial charge on any atom is -0.475 e. The van der Waals surface area contributed by atoms with Gasteiger partial charge in [0, 0.05) is 5.39 Å². The van der Waals surface area contributed by atoms with Gasteiger partial charge in [-0.2, -0.15) is 0 Å². The van der Waals surface area contributed by atoms with Crippen LogP contribution < -0.4 is 0 Å². The van der Waals surface area contributed by atoms with Crippen molar-refractivity contribution in [2.75, 3.05) is 0 Å².